The number of hydroxylamine groups is 1. The lowest BCUT2D eigenvalue weighted by Gasteiger charge is -2.19. The summed E-state index contributed by atoms with van der Waals surface area (Å²) in [6.45, 7) is 4.69. The highest BCUT2D eigenvalue weighted by atomic mass is 19.4. The Bertz CT molecular complexity index is 657. The average molecular weight is 362 g/mol. The lowest BCUT2D eigenvalue weighted by molar-refractivity contribution is -0.144. The zero-order valence-corrected chi connectivity index (χ0v) is 13.7. The average Bonchev–Trinajstić information content (AvgIpc) is 2.85. The summed E-state index contributed by atoms with van der Waals surface area (Å²) in [6.07, 6.45) is -7.17. The first kappa shape index (κ1) is 19.0. The highest BCUT2D eigenvalue weighted by Crippen LogP contribution is 2.32. The SMILES string of the molecule is CC(C)(C)ONC(=O)OC1OCN(c2cccc(C(F)(F)F)c2)C1=O. The maximum absolute atomic E-state index is 12.8. The van der Waals surface area contributed by atoms with Crippen molar-refractivity contribution in [1.29, 1.82) is 0 Å². The second-order valence-electron chi connectivity index (χ2n) is 6.16. The largest absolute Gasteiger partial charge is 0.434 e. The Morgan fingerprint density at radius 2 is 2.00 bits per heavy atom. The van der Waals surface area contributed by atoms with Crippen molar-refractivity contribution in [2.45, 2.75) is 38.8 Å². The molecule has 1 aliphatic heterocycles. The van der Waals surface area contributed by atoms with Crippen LogP contribution in [0, 0.1) is 0 Å². The van der Waals surface area contributed by atoms with E-state index in [1.165, 1.54) is 12.1 Å². The van der Waals surface area contributed by atoms with Gasteiger partial charge in [-0.25, -0.2) is 4.79 Å². The van der Waals surface area contributed by atoms with Crippen molar-refractivity contribution in [1.82, 2.24) is 5.48 Å². The quantitative estimate of drug-likeness (QED) is 0.837. The first-order valence-corrected chi connectivity index (χ1v) is 7.22. The van der Waals surface area contributed by atoms with Crippen LogP contribution in [-0.4, -0.2) is 30.6 Å². The fourth-order valence-electron chi connectivity index (χ4n) is 1.86. The molecule has 1 aromatic rings. The summed E-state index contributed by atoms with van der Waals surface area (Å²) < 4.78 is 48.0. The van der Waals surface area contributed by atoms with Gasteiger partial charge in [0.05, 0.1) is 11.2 Å². The van der Waals surface area contributed by atoms with Crippen molar-refractivity contribution in [2.24, 2.45) is 0 Å². The Morgan fingerprint density at radius 1 is 1.32 bits per heavy atom. The first-order chi connectivity index (χ1) is 11.5. The molecule has 1 saturated heterocycles. The molecule has 1 unspecified atom stereocenters. The van der Waals surface area contributed by atoms with Gasteiger partial charge in [-0.05, 0) is 39.0 Å². The van der Waals surface area contributed by atoms with Crippen LogP contribution in [0.4, 0.5) is 23.7 Å². The van der Waals surface area contributed by atoms with Crippen LogP contribution in [0.2, 0.25) is 0 Å². The van der Waals surface area contributed by atoms with Gasteiger partial charge >= 0.3 is 12.3 Å². The molecule has 0 aromatic heterocycles. The fraction of sp³-hybridized carbons (Fsp3) is 0.467. The molecule has 25 heavy (non-hydrogen) atoms. The van der Waals surface area contributed by atoms with Gasteiger partial charge < -0.3 is 9.47 Å². The lowest BCUT2D eigenvalue weighted by atomic mass is 10.2. The second kappa shape index (κ2) is 6.89. The van der Waals surface area contributed by atoms with Gasteiger partial charge in [0.25, 0.3) is 12.2 Å². The van der Waals surface area contributed by atoms with Crippen molar-refractivity contribution >= 4 is 17.7 Å². The number of halogens is 3. The van der Waals surface area contributed by atoms with Crippen LogP contribution in [-0.2, 0) is 25.3 Å². The maximum atomic E-state index is 12.8. The molecule has 0 saturated carbocycles. The van der Waals surface area contributed by atoms with Gasteiger partial charge in [0, 0.05) is 5.69 Å². The maximum Gasteiger partial charge on any atom is 0.434 e. The summed E-state index contributed by atoms with van der Waals surface area (Å²) in [5.74, 6) is -0.801. The van der Waals surface area contributed by atoms with E-state index in [-0.39, 0.29) is 12.4 Å². The number of anilines is 1. The van der Waals surface area contributed by atoms with Crippen LogP contribution < -0.4 is 10.4 Å². The summed E-state index contributed by atoms with van der Waals surface area (Å²) >= 11 is 0. The van der Waals surface area contributed by atoms with Crippen LogP contribution in [0.3, 0.4) is 0 Å². The Morgan fingerprint density at radius 3 is 2.60 bits per heavy atom. The molecular weight excluding hydrogens is 345 g/mol. The van der Waals surface area contributed by atoms with Crippen molar-refractivity contribution < 1.29 is 37.1 Å². The van der Waals surface area contributed by atoms with E-state index in [1.54, 1.807) is 20.8 Å². The van der Waals surface area contributed by atoms with E-state index in [4.69, 9.17) is 14.3 Å². The van der Waals surface area contributed by atoms with Crippen LogP contribution in [0.25, 0.3) is 0 Å². The molecule has 1 fully saturated rings. The number of ether oxygens (including phenoxy) is 2. The van der Waals surface area contributed by atoms with Gasteiger partial charge in [0.1, 0.15) is 6.73 Å². The number of alkyl halides is 3. The van der Waals surface area contributed by atoms with Crippen molar-refractivity contribution in [3.05, 3.63) is 29.8 Å². The van der Waals surface area contributed by atoms with Crippen molar-refractivity contribution in [3.8, 4) is 0 Å². The molecule has 0 bridgehead atoms. The number of carbonyl (C=O) groups is 2. The number of nitrogens with one attached hydrogen (secondary N) is 1. The van der Waals surface area contributed by atoms with E-state index >= 15 is 0 Å². The second-order valence-corrected chi connectivity index (χ2v) is 6.16. The summed E-state index contributed by atoms with van der Waals surface area (Å²) in [7, 11) is 0. The molecule has 0 radical (unpaired) electrons. The number of carbonyl (C=O) groups excluding carboxylic acids is 2. The lowest BCUT2D eigenvalue weighted by Crippen LogP contribution is -2.38. The Labute approximate surface area is 141 Å². The molecule has 2 amide bonds. The highest BCUT2D eigenvalue weighted by Gasteiger charge is 2.38. The first-order valence-electron chi connectivity index (χ1n) is 7.22. The predicted octanol–water partition coefficient (Wildman–Crippen LogP) is 2.81. The minimum Gasteiger partial charge on any atom is -0.408 e. The molecule has 1 N–H and O–H groups in total. The Balaban J connectivity index is 2.01. The van der Waals surface area contributed by atoms with Crippen LogP contribution in [0.5, 0.6) is 0 Å². The zero-order chi connectivity index (χ0) is 18.8. The Kier molecular flexibility index (Phi) is 5.23. The number of benzene rings is 1. The third kappa shape index (κ3) is 5.07. The number of nitrogens with zero attached hydrogens (tertiary/aromatic N) is 1. The van der Waals surface area contributed by atoms with E-state index in [2.05, 4.69) is 0 Å². The number of hydrogen-bond donors (Lipinski definition) is 1. The molecule has 138 valence electrons. The zero-order valence-electron chi connectivity index (χ0n) is 13.7. The number of hydrogen-bond acceptors (Lipinski definition) is 5. The minimum absolute atomic E-state index is 0.0164. The minimum atomic E-state index is -4.54. The number of amides is 2. The summed E-state index contributed by atoms with van der Waals surface area (Å²) in [6, 6.07) is 4.19. The van der Waals surface area contributed by atoms with E-state index in [9.17, 15) is 22.8 Å². The van der Waals surface area contributed by atoms with Crippen LogP contribution in [0.15, 0.2) is 24.3 Å². The molecule has 1 heterocycles. The monoisotopic (exact) mass is 362 g/mol. The third-order valence-corrected chi connectivity index (χ3v) is 2.96. The molecule has 0 spiro atoms. The summed E-state index contributed by atoms with van der Waals surface area (Å²) in [5.41, 5.74) is 0.395. The van der Waals surface area contributed by atoms with E-state index in [0.29, 0.717) is 0 Å². The van der Waals surface area contributed by atoms with Gasteiger partial charge in [-0.3, -0.25) is 14.5 Å². The Hall–Kier alpha value is -2.33. The third-order valence-electron chi connectivity index (χ3n) is 2.96. The summed E-state index contributed by atoms with van der Waals surface area (Å²) in [5, 5.41) is 0. The van der Waals surface area contributed by atoms with Gasteiger partial charge in [-0.15, -0.1) is 0 Å². The van der Waals surface area contributed by atoms with Crippen LogP contribution >= 0.6 is 0 Å². The van der Waals surface area contributed by atoms with Crippen LogP contribution in [0.1, 0.15) is 26.3 Å². The predicted molar refractivity (Wildman–Crippen MR) is 79.1 cm³/mol. The molecule has 1 atom stereocenters. The van der Waals surface area contributed by atoms with E-state index < -0.39 is 35.6 Å². The molecule has 7 nitrogen and oxygen atoms in total. The van der Waals surface area contributed by atoms with Gasteiger partial charge in [-0.2, -0.15) is 18.7 Å². The van der Waals surface area contributed by atoms with Crippen molar-refractivity contribution in [3.63, 3.8) is 0 Å². The highest BCUT2D eigenvalue weighted by molar-refractivity contribution is 5.98. The van der Waals surface area contributed by atoms with Gasteiger partial charge in [-0.1, -0.05) is 6.07 Å². The fourth-order valence-corrected chi connectivity index (χ4v) is 1.86. The molecule has 1 aliphatic rings. The van der Waals surface area contributed by atoms with E-state index in [1.807, 2.05) is 5.48 Å². The van der Waals surface area contributed by atoms with Crippen molar-refractivity contribution in [2.75, 3.05) is 11.6 Å². The molecule has 0 aliphatic carbocycles. The van der Waals surface area contributed by atoms with E-state index in [0.717, 1.165) is 17.0 Å². The normalized spacial score (nSPS) is 18.4. The summed E-state index contributed by atoms with van der Waals surface area (Å²) in [4.78, 5) is 29.7. The molecular formula is C15H17F3N2O5. The van der Waals surface area contributed by atoms with Gasteiger partial charge in [0.2, 0.25) is 0 Å². The smallest absolute Gasteiger partial charge is 0.408 e. The molecule has 2 rings (SSSR count). The standard InChI is InChI=1S/C15H17F3N2O5/c1-14(2,3)25-19-13(22)24-12-11(21)20(8-23-12)10-6-4-5-9(7-10)15(16,17)18/h4-7,12H,8H2,1-3H3,(H,19,22). The molecule has 1 aromatic carbocycles. The van der Waals surface area contributed by atoms with Gasteiger partial charge in [0.15, 0.2) is 0 Å². The number of rotatable bonds is 3. The topological polar surface area (TPSA) is 77.1 Å². The molecule has 10 heteroatoms.